The summed E-state index contributed by atoms with van der Waals surface area (Å²) < 4.78 is 10.2. The van der Waals surface area contributed by atoms with Gasteiger partial charge in [0.15, 0.2) is 0 Å². The zero-order valence-electron chi connectivity index (χ0n) is 12.5. The van der Waals surface area contributed by atoms with E-state index >= 15 is 0 Å². The van der Waals surface area contributed by atoms with Crippen LogP contribution in [0, 0.1) is 11.3 Å². The van der Waals surface area contributed by atoms with E-state index in [1.54, 1.807) is 19.2 Å². The molecule has 0 aliphatic carbocycles. The first-order chi connectivity index (χ1) is 11.1. The molecule has 0 radical (unpaired) electrons. The summed E-state index contributed by atoms with van der Waals surface area (Å²) in [4.78, 5) is 23.4. The lowest BCUT2D eigenvalue weighted by molar-refractivity contribution is -0.137. The van der Waals surface area contributed by atoms with Crippen LogP contribution in [0.15, 0.2) is 34.1 Å². The van der Waals surface area contributed by atoms with E-state index in [1.807, 2.05) is 18.2 Å². The Morgan fingerprint density at radius 3 is 2.65 bits per heavy atom. The number of carbonyl (C=O) groups excluding carboxylic acids is 2. The normalized spacial score (nSPS) is 17.3. The molecule has 1 N–H and O–H groups in total. The van der Waals surface area contributed by atoms with Crippen LogP contribution in [0.2, 0.25) is 0 Å². The van der Waals surface area contributed by atoms with Gasteiger partial charge in [-0.05, 0) is 17.7 Å². The number of rotatable bonds is 5. The van der Waals surface area contributed by atoms with E-state index in [0.717, 1.165) is 23.1 Å². The van der Waals surface area contributed by atoms with Crippen molar-refractivity contribution < 1.29 is 19.1 Å². The SMILES string of the molecule is COC(=O)CSC1=C(C#N)C(=O)N[C@@H](c2ccc(OC)cc2)S1. The van der Waals surface area contributed by atoms with Crippen molar-refractivity contribution in [3.8, 4) is 11.8 Å². The zero-order valence-corrected chi connectivity index (χ0v) is 14.1. The number of nitriles is 1. The van der Waals surface area contributed by atoms with Crippen molar-refractivity contribution in [3.63, 3.8) is 0 Å². The number of esters is 1. The molecule has 1 aliphatic heterocycles. The first kappa shape index (κ1) is 17.2. The molecule has 6 nitrogen and oxygen atoms in total. The van der Waals surface area contributed by atoms with Gasteiger partial charge in [0.1, 0.15) is 22.8 Å². The minimum atomic E-state index is -0.445. The molecule has 0 bridgehead atoms. The van der Waals surface area contributed by atoms with Crippen LogP contribution >= 0.6 is 23.5 Å². The van der Waals surface area contributed by atoms with E-state index in [1.165, 1.54) is 18.9 Å². The lowest BCUT2D eigenvalue weighted by Gasteiger charge is -2.25. The molecular weight excluding hydrogens is 336 g/mol. The van der Waals surface area contributed by atoms with Crippen molar-refractivity contribution in [1.82, 2.24) is 5.32 Å². The van der Waals surface area contributed by atoms with Gasteiger partial charge in [0.25, 0.3) is 5.91 Å². The van der Waals surface area contributed by atoms with Gasteiger partial charge >= 0.3 is 5.97 Å². The highest BCUT2D eigenvalue weighted by atomic mass is 32.2. The molecule has 1 aliphatic rings. The summed E-state index contributed by atoms with van der Waals surface area (Å²) in [5.41, 5.74) is 0.894. The molecule has 1 aromatic rings. The van der Waals surface area contributed by atoms with Gasteiger partial charge in [-0.1, -0.05) is 23.9 Å². The number of hydrogen-bond donors (Lipinski definition) is 1. The highest BCUT2D eigenvalue weighted by Crippen LogP contribution is 2.43. The average molecular weight is 350 g/mol. The van der Waals surface area contributed by atoms with Crippen LogP contribution < -0.4 is 10.1 Å². The first-order valence-corrected chi connectivity index (χ1v) is 8.41. The molecule has 120 valence electrons. The van der Waals surface area contributed by atoms with Crippen molar-refractivity contribution in [1.29, 1.82) is 5.26 Å². The number of methoxy groups -OCH3 is 2. The third-order valence-corrected chi connectivity index (χ3v) is 5.53. The molecule has 8 heteroatoms. The van der Waals surface area contributed by atoms with Gasteiger partial charge in [0, 0.05) is 0 Å². The van der Waals surface area contributed by atoms with Crippen molar-refractivity contribution >= 4 is 35.4 Å². The summed E-state index contributed by atoms with van der Waals surface area (Å²) in [7, 11) is 2.87. The Morgan fingerprint density at radius 1 is 1.39 bits per heavy atom. The number of carbonyl (C=O) groups is 2. The molecule has 1 atom stereocenters. The minimum absolute atomic E-state index is 0.0219. The lowest BCUT2D eigenvalue weighted by Crippen LogP contribution is -2.31. The molecular formula is C15H14N2O4S2. The lowest BCUT2D eigenvalue weighted by atomic mass is 10.2. The summed E-state index contributed by atoms with van der Waals surface area (Å²) >= 11 is 2.46. The van der Waals surface area contributed by atoms with Crippen LogP contribution in [0.25, 0.3) is 0 Å². The van der Waals surface area contributed by atoms with Crippen molar-refractivity contribution in [2.75, 3.05) is 20.0 Å². The van der Waals surface area contributed by atoms with Crippen LogP contribution in [0.3, 0.4) is 0 Å². The Morgan fingerprint density at radius 2 is 2.09 bits per heavy atom. The maximum atomic E-state index is 12.1. The molecule has 23 heavy (non-hydrogen) atoms. The van der Waals surface area contributed by atoms with Crippen molar-refractivity contribution in [2.45, 2.75) is 5.37 Å². The fraction of sp³-hybridized carbons (Fsp3) is 0.267. The van der Waals surface area contributed by atoms with Gasteiger partial charge < -0.3 is 14.8 Å². The molecule has 1 aromatic carbocycles. The van der Waals surface area contributed by atoms with E-state index in [0.29, 0.717) is 4.24 Å². The van der Waals surface area contributed by atoms with Gasteiger partial charge in [-0.25, -0.2) is 0 Å². The smallest absolute Gasteiger partial charge is 0.316 e. The molecule has 1 amide bonds. The monoisotopic (exact) mass is 350 g/mol. The van der Waals surface area contributed by atoms with E-state index in [4.69, 9.17) is 10.00 Å². The number of nitrogens with one attached hydrogen (secondary N) is 1. The maximum absolute atomic E-state index is 12.1. The van der Waals surface area contributed by atoms with Crippen LogP contribution in [0.5, 0.6) is 5.75 Å². The Hall–Kier alpha value is -2.11. The second-order valence-electron chi connectivity index (χ2n) is 4.38. The van der Waals surface area contributed by atoms with Gasteiger partial charge in [-0.15, -0.1) is 11.8 Å². The minimum Gasteiger partial charge on any atom is -0.497 e. The van der Waals surface area contributed by atoms with Crippen LogP contribution in [0.1, 0.15) is 10.9 Å². The van der Waals surface area contributed by atoms with Crippen LogP contribution in [-0.4, -0.2) is 31.8 Å². The molecule has 1 heterocycles. The van der Waals surface area contributed by atoms with E-state index < -0.39 is 11.9 Å². The number of thioether (sulfide) groups is 2. The fourth-order valence-corrected chi connectivity index (χ4v) is 4.11. The third-order valence-electron chi connectivity index (χ3n) is 3.00. The molecule has 2 rings (SSSR count). The molecule has 0 saturated carbocycles. The second-order valence-corrected chi connectivity index (χ2v) is 6.74. The Balaban J connectivity index is 2.20. The number of ether oxygens (including phenoxy) is 2. The summed E-state index contributed by atoms with van der Waals surface area (Å²) in [5.74, 6) is -0.0895. The van der Waals surface area contributed by atoms with Gasteiger partial charge in [-0.3, -0.25) is 9.59 Å². The quantitative estimate of drug-likeness (QED) is 0.814. The Bertz CT molecular complexity index is 680. The largest absolute Gasteiger partial charge is 0.497 e. The molecule has 0 saturated heterocycles. The third kappa shape index (κ3) is 4.21. The van der Waals surface area contributed by atoms with E-state index in [2.05, 4.69) is 10.1 Å². The average Bonchev–Trinajstić information content (AvgIpc) is 2.59. The second kappa shape index (κ2) is 7.94. The molecule has 0 spiro atoms. The molecule has 0 aromatic heterocycles. The van der Waals surface area contributed by atoms with Gasteiger partial charge in [0.2, 0.25) is 0 Å². The van der Waals surface area contributed by atoms with Gasteiger partial charge in [-0.2, -0.15) is 5.26 Å². The predicted molar refractivity (Wildman–Crippen MR) is 88.6 cm³/mol. The topological polar surface area (TPSA) is 88.4 Å². The van der Waals surface area contributed by atoms with Crippen molar-refractivity contribution in [2.24, 2.45) is 0 Å². The number of hydrogen-bond acceptors (Lipinski definition) is 7. The maximum Gasteiger partial charge on any atom is 0.316 e. The predicted octanol–water partition coefficient (Wildman–Crippen LogP) is 2.20. The fourth-order valence-electron chi connectivity index (χ4n) is 1.80. The van der Waals surface area contributed by atoms with Crippen molar-refractivity contribution in [3.05, 3.63) is 39.6 Å². The van der Waals surface area contributed by atoms with Crippen LogP contribution in [-0.2, 0) is 14.3 Å². The standard InChI is InChI=1S/C15H14N2O4S2/c1-20-10-5-3-9(4-6-10)14-17-13(19)11(7-16)15(23-14)22-8-12(18)21-2/h3-6,14H,8H2,1-2H3,(H,17,19)/t14-/m1/s1. The molecule has 0 fully saturated rings. The number of amides is 1. The number of benzene rings is 1. The van der Waals surface area contributed by atoms with E-state index in [9.17, 15) is 9.59 Å². The number of nitrogens with zero attached hydrogens (tertiary/aromatic N) is 1. The van der Waals surface area contributed by atoms with E-state index in [-0.39, 0.29) is 16.7 Å². The Labute approximate surface area is 142 Å². The first-order valence-electron chi connectivity index (χ1n) is 6.54. The highest BCUT2D eigenvalue weighted by molar-refractivity contribution is 8.22. The summed E-state index contributed by atoms with van der Waals surface area (Å²) in [6.07, 6.45) is 0. The van der Waals surface area contributed by atoms with Gasteiger partial charge in [0.05, 0.1) is 24.2 Å². The Kier molecular flexibility index (Phi) is 5.96. The zero-order chi connectivity index (χ0) is 16.8. The van der Waals surface area contributed by atoms with Crippen LogP contribution in [0.4, 0.5) is 0 Å². The summed E-state index contributed by atoms with van der Waals surface area (Å²) in [6.45, 7) is 0. The summed E-state index contributed by atoms with van der Waals surface area (Å²) in [5, 5.41) is 11.6. The highest BCUT2D eigenvalue weighted by Gasteiger charge is 2.29. The molecule has 0 unspecified atom stereocenters. The summed E-state index contributed by atoms with van der Waals surface area (Å²) in [6, 6.07) is 9.17.